The Bertz CT molecular complexity index is 525. The van der Waals surface area contributed by atoms with Crippen molar-refractivity contribution in [1.29, 1.82) is 0 Å². The van der Waals surface area contributed by atoms with Crippen LogP contribution in [0.15, 0.2) is 24.3 Å². The van der Waals surface area contributed by atoms with Crippen LogP contribution in [-0.2, 0) is 6.54 Å². The molecule has 1 aromatic heterocycles. The summed E-state index contributed by atoms with van der Waals surface area (Å²) in [6, 6.07) is 8.62. The Labute approximate surface area is 112 Å². The van der Waals surface area contributed by atoms with Crippen molar-refractivity contribution < 1.29 is 0 Å². The molecule has 1 aliphatic rings. The molecule has 1 aromatic carbocycles. The van der Waals surface area contributed by atoms with Gasteiger partial charge >= 0.3 is 0 Å². The van der Waals surface area contributed by atoms with Crippen LogP contribution in [0.1, 0.15) is 43.7 Å². The van der Waals surface area contributed by atoms with Crippen LogP contribution in [-0.4, -0.2) is 20.2 Å². The predicted octanol–water partition coefficient (Wildman–Crippen LogP) is 2.30. The van der Waals surface area contributed by atoms with Gasteiger partial charge in [0.25, 0.3) is 0 Å². The van der Waals surface area contributed by atoms with Crippen LogP contribution in [0.5, 0.6) is 0 Å². The maximum atomic E-state index is 5.62. The van der Waals surface area contributed by atoms with Gasteiger partial charge in [0.15, 0.2) is 5.82 Å². The van der Waals surface area contributed by atoms with Gasteiger partial charge in [-0.1, -0.05) is 43.5 Å². The molecule has 0 atom stereocenters. The predicted molar refractivity (Wildman–Crippen MR) is 73.3 cm³/mol. The highest BCUT2D eigenvalue weighted by Crippen LogP contribution is 2.30. The average Bonchev–Trinajstić information content (AvgIpc) is 2.98. The second-order valence-electron chi connectivity index (χ2n) is 5.14. The minimum atomic E-state index is 0.452. The van der Waals surface area contributed by atoms with Gasteiger partial charge in [0, 0.05) is 12.1 Å². The maximum Gasteiger partial charge on any atom is 0.182 e. The number of aromatic nitrogens is 4. The fraction of sp³-hybridized carbons (Fsp3) is 0.500. The highest BCUT2D eigenvalue weighted by molar-refractivity contribution is 5.55. The van der Waals surface area contributed by atoms with E-state index >= 15 is 0 Å². The molecule has 0 unspecified atom stereocenters. The number of nitrogens with zero attached hydrogens (tertiary/aromatic N) is 4. The third-order valence-corrected chi connectivity index (χ3v) is 3.86. The minimum Gasteiger partial charge on any atom is -0.326 e. The normalized spacial score (nSPS) is 16.7. The third-order valence-electron chi connectivity index (χ3n) is 3.86. The summed E-state index contributed by atoms with van der Waals surface area (Å²) < 4.78 is 2.00. The molecule has 3 rings (SSSR count). The summed E-state index contributed by atoms with van der Waals surface area (Å²) in [4.78, 5) is 0. The van der Waals surface area contributed by atoms with Crippen LogP contribution in [0.4, 0.5) is 0 Å². The first-order valence-electron chi connectivity index (χ1n) is 6.96. The molecule has 5 nitrogen and oxygen atoms in total. The van der Waals surface area contributed by atoms with E-state index in [2.05, 4.69) is 15.5 Å². The molecular formula is C14H19N5. The summed E-state index contributed by atoms with van der Waals surface area (Å²) >= 11 is 0. The summed E-state index contributed by atoms with van der Waals surface area (Å²) in [5.41, 5.74) is 7.81. The number of tetrazole rings is 1. The zero-order valence-corrected chi connectivity index (χ0v) is 11.0. The molecule has 5 heteroatoms. The first-order chi connectivity index (χ1) is 9.38. The Balaban J connectivity index is 1.89. The summed E-state index contributed by atoms with van der Waals surface area (Å²) in [7, 11) is 0. The zero-order chi connectivity index (χ0) is 13.1. The fourth-order valence-corrected chi connectivity index (χ4v) is 2.75. The van der Waals surface area contributed by atoms with Gasteiger partial charge in [-0.3, -0.25) is 0 Å². The van der Waals surface area contributed by atoms with Crippen molar-refractivity contribution >= 4 is 0 Å². The number of rotatable bonds is 3. The van der Waals surface area contributed by atoms with E-state index in [-0.39, 0.29) is 0 Å². The van der Waals surface area contributed by atoms with Gasteiger partial charge in [0.05, 0.1) is 6.04 Å². The van der Waals surface area contributed by atoms with Crippen molar-refractivity contribution in [3.8, 4) is 11.4 Å². The van der Waals surface area contributed by atoms with Crippen molar-refractivity contribution in [2.24, 2.45) is 5.73 Å². The highest BCUT2D eigenvalue weighted by Gasteiger charge is 2.20. The fourth-order valence-electron chi connectivity index (χ4n) is 2.75. The zero-order valence-electron chi connectivity index (χ0n) is 11.0. The summed E-state index contributed by atoms with van der Waals surface area (Å²) in [6.45, 7) is 0.563. The van der Waals surface area contributed by atoms with Crippen LogP contribution in [0, 0.1) is 0 Å². The molecular weight excluding hydrogens is 238 g/mol. The molecule has 0 radical (unpaired) electrons. The van der Waals surface area contributed by atoms with Gasteiger partial charge in [0.2, 0.25) is 0 Å². The van der Waals surface area contributed by atoms with E-state index < -0.39 is 0 Å². The quantitative estimate of drug-likeness (QED) is 0.916. The lowest BCUT2D eigenvalue weighted by Crippen LogP contribution is -2.15. The molecule has 1 fully saturated rings. The molecule has 0 aliphatic heterocycles. The Hall–Kier alpha value is -1.75. The minimum absolute atomic E-state index is 0.452. The van der Waals surface area contributed by atoms with Crippen molar-refractivity contribution in [3.05, 3.63) is 29.8 Å². The Morgan fingerprint density at radius 3 is 2.53 bits per heavy atom. The molecule has 1 heterocycles. The summed E-state index contributed by atoms with van der Waals surface area (Å²) in [6.07, 6.45) is 6.24. The van der Waals surface area contributed by atoms with Gasteiger partial charge in [-0.15, -0.1) is 5.10 Å². The van der Waals surface area contributed by atoms with E-state index in [1.54, 1.807) is 0 Å². The lowest BCUT2D eigenvalue weighted by Gasteiger charge is -2.22. The van der Waals surface area contributed by atoms with E-state index in [9.17, 15) is 0 Å². The van der Waals surface area contributed by atoms with Crippen molar-refractivity contribution in [2.75, 3.05) is 0 Å². The van der Waals surface area contributed by atoms with Crippen LogP contribution in [0.2, 0.25) is 0 Å². The second kappa shape index (κ2) is 5.48. The van der Waals surface area contributed by atoms with Crippen LogP contribution >= 0.6 is 0 Å². The number of nitrogens with two attached hydrogens (primary N) is 1. The van der Waals surface area contributed by atoms with E-state index in [4.69, 9.17) is 5.73 Å². The number of benzene rings is 1. The molecule has 0 bridgehead atoms. The van der Waals surface area contributed by atoms with E-state index in [0.717, 1.165) is 17.0 Å². The van der Waals surface area contributed by atoms with Gasteiger partial charge in [-0.05, 0) is 28.8 Å². The largest absolute Gasteiger partial charge is 0.326 e. The molecule has 0 saturated heterocycles. The molecule has 0 spiro atoms. The number of hydrogen-bond donors (Lipinski definition) is 1. The smallest absolute Gasteiger partial charge is 0.182 e. The van der Waals surface area contributed by atoms with Gasteiger partial charge in [-0.2, -0.15) is 0 Å². The van der Waals surface area contributed by atoms with Crippen molar-refractivity contribution in [2.45, 2.75) is 44.7 Å². The summed E-state index contributed by atoms with van der Waals surface area (Å²) in [5.74, 6) is 0.871. The average molecular weight is 257 g/mol. The van der Waals surface area contributed by atoms with Gasteiger partial charge < -0.3 is 5.73 Å². The maximum absolute atomic E-state index is 5.62. The Morgan fingerprint density at radius 1 is 1.11 bits per heavy atom. The Kier molecular flexibility index (Phi) is 3.55. The SMILES string of the molecule is NCc1ccc(-c2nnnn2C2CCCCC2)cc1. The topological polar surface area (TPSA) is 69.6 Å². The Morgan fingerprint density at radius 2 is 1.84 bits per heavy atom. The first kappa shape index (κ1) is 12.3. The molecule has 0 amide bonds. The second-order valence-corrected chi connectivity index (χ2v) is 5.14. The van der Waals surface area contributed by atoms with E-state index in [1.807, 2.05) is 28.9 Å². The standard InChI is InChI=1S/C14H19N5/c15-10-11-6-8-12(9-7-11)14-16-17-18-19(14)13-4-2-1-3-5-13/h6-9,13H,1-5,10,15H2. The van der Waals surface area contributed by atoms with Crippen LogP contribution in [0.25, 0.3) is 11.4 Å². The molecule has 2 N–H and O–H groups in total. The van der Waals surface area contributed by atoms with Gasteiger partial charge in [0.1, 0.15) is 0 Å². The highest BCUT2D eigenvalue weighted by atomic mass is 15.5. The van der Waals surface area contributed by atoms with Crippen molar-refractivity contribution in [1.82, 2.24) is 20.2 Å². The van der Waals surface area contributed by atoms with Crippen molar-refractivity contribution in [3.63, 3.8) is 0 Å². The molecule has 100 valence electrons. The van der Waals surface area contributed by atoms with Crippen LogP contribution in [0.3, 0.4) is 0 Å². The van der Waals surface area contributed by atoms with E-state index in [0.29, 0.717) is 12.6 Å². The van der Waals surface area contributed by atoms with Crippen LogP contribution < -0.4 is 5.73 Å². The first-order valence-corrected chi connectivity index (χ1v) is 6.96. The molecule has 19 heavy (non-hydrogen) atoms. The molecule has 1 aliphatic carbocycles. The van der Waals surface area contributed by atoms with E-state index in [1.165, 1.54) is 32.1 Å². The monoisotopic (exact) mass is 257 g/mol. The number of hydrogen-bond acceptors (Lipinski definition) is 4. The summed E-state index contributed by atoms with van der Waals surface area (Å²) in [5, 5.41) is 12.2. The lowest BCUT2D eigenvalue weighted by molar-refractivity contribution is 0.327. The lowest BCUT2D eigenvalue weighted by atomic mass is 9.95. The third kappa shape index (κ3) is 2.51. The molecule has 2 aromatic rings. The van der Waals surface area contributed by atoms with Gasteiger partial charge in [-0.25, -0.2) is 4.68 Å². The molecule has 1 saturated carbocycles.